The van der Waals surface area contributed by atoms with Crippen molar-refractivity contribution in [1.29, 1.82) is 0 Å². The van der Waals surface area contributed by atoms with Gasteiger partial charge in [0.15, 0.2) is 6.29 Å². The van der Waals surface area contributed by atoms with Gasteiger partial charge in [0.05, 0.1) is 6.61 Å². The topological polar surface area (TPSA) is 27.7 Å². The molecule has 3 nitrogen and oxygen atoms in total. The highest BCUT2D eigenvalue weighted by molar-refractivity contribution is 5.29. The van der Waals surface area contributed by atoms with E-state index in [4.69, 9.17) is 14.2 Å². The van der Waals surface area contributed by atoms with Gasteiger partial charge in [-0.1, -0.05) is 42.5 Å². The van der Waals surface area contributed by atoms with Gasteiger partial charge in [-0.3, -0.25) is 0 Å². The quantitative estimate of drug-likeness (QED) is 0.760. The van der Waals surface area contributed by atoms with Gasteiger partial charge >= 0.3 is 0 Å². The van der Waals surface area contributed by atoms with Crippen molar-refractivity contribution in [1.82, 2.24) is 0 Å². The van der Waals surface area contributed by atoms with E-state index in [1.165, 1.54) is 17.5 Å². The van der Waals surface area contributed by atoms with Crippen LogP contribution < -0.4 is 4.74 Å². The first kappa shape index (κ1) is 16.0. The second kappa shape index (κ2) is 8.70. The zero-order valence-corrected chi connectivity index (χ0v) is 13.4. The van der Waals surface area contributed by atoms with E-state index in [1.54, 1.807) is 0 Å². The number of rotatable bonds is 7. The zero-order valence-electron chi connectivity index (χ0n) is 13.4. The maximum Gasteiger partial charge on any atom is 0.157 e. The Kier molecular flexibility index (Phi) is 6.07. The first-order valence-electron chi connectivity index (χ1n) is 8.39. The fraction of sp³-hybridized carbons (Fsp3) is 0.400. The molecule has 1 heterocycles. The van der Waals surface area contributed by atoms with Crippen LogP contribution in [0.15, 0.2) is 54.6 Å². The average molecular weight is 312 g/mol. The third kappa shape index (κ3) is 5.38. The summed E-state index contributed by atoms with van der Waals surface area (Å²) in [7, 11) is 0. The summed E-state index contributed by atoms with van der Waals surface area (Å²) in [5.74, 6) is 0.903. The third-order valence-corrected chi connectivity index (χ3v) is 3.98. The molecule has 1 fully saturated rings. The van der Waals surface area contributed by atoms with Gasteiger partial charge in [0.2, 0.25) is 0 Å². The molecule has 1 atom stereocenters. The summed E-state index contributed by atoms with van der Waals surface area (Å²) in [6.45, 7) is 2.11. The molecule has 1 saturated heterocycles. The van der Waals surface area contributed by atoms with Crippen LogP contribution in [0.2, 0.25) is 0 Å². The highest BCUT2D eigenvalue weighted by Gasteiger charge is 2.13. The standard InChI is InChI=1S/C20H24O3/c1-2-7-18(8-3-1)16-23-19-10-6-9-17(15-19)12-14-22-20-11-4-5-13-21-20/h1-3,6-10,15,20H,4-5,11-14,16H2. The Morgan fingerprint density at radius 3 is 2.65 bits per heavy atom. The van der Waals surface area contributed by atoms with Gasteiger partial charge in [0, 0.05) is 6.61 Å². The minimum atomic E-state index is -0.0127. The molecule has 0 spiro atoms. The molecule has 2 aromatic rings. The molecule has 0 saturated carbocycles. The summed E-state index contributed by atoms with van der Waals surface area (Å²) in [5, 5.41) is 0. The number of ether oxygens (including phenoxy) is 3. The van der Waals surface area contributed by atoms with Gasteiger partial charge < -0.3 is 14.2 Å². The smallest absolute Gasteiger partial charge is 0.157 e. The molecule has 1 aliphatic rings. The predicted octanol–water partition coefficient (Wildman–Crippen LogP) is 4.35. The molecule has 0 N–H and O–H groups in total. The molecule has 3 heteroatoms. The summed E-state index contributed by atoms with van der Waals surface area (Å²) in [5.41, 5.74) is 2.40. The molecule has 1 aliphatic heterocycles. The van der Waals surface area contributed by atoms with E-state index in [9.17, 15) is 0 Å². The van der Waals surface area contributed by atoms with Crippen LogP contribution in [-0.2, 0) is 22.5 Å². The molecular formula is C20H24O3. The molecule has 2 aromatic carbocycles. The van der Waals surface area contributed by atoms with Crippen LogP contribution in [0, 0.1) is 0 Å². The van der Waals surface area contributed by atoms with Gasteiger partial charge in [-0.05, 0) is 48.9 Å². The van der Waals surface area contributed by atoms with Gasteiger partial charge in [0.1, 0.15) is 12.4 Å². The van der Waals surface area contributed by atoms with Crippen molar-refractivity contribution >= 4 is 0 Å². The summed E-state index contributed by atoms with van der Waals surface area (Å²) in [6.07, 6.45) is 4.23. The normalized spacial score (nSPS) is 17.8. The third-order valence-electron chi connectivity index (χ3n) is 3.98. The minimum absolute atomic E-state index is 0.0127. The molecule has 0 aliphatic carbocycles. The van der Waals surface area contributed by atoms with Crippen molar-refractivity contribution in [3.05, 3.63) is 65.7 Å². The lowest BCUT2D eigenvalue weighted by Crippen LogP contribution is -2.23. The Balaban J connectivity index is 1.45. The lowest BCUT2D eigenvalue weighted by molar-refractivity contribution is -0.161. The average Bonchev–Trinajstić information content (AvgIpc) is 2.62. The van der Waals surface area contributed by atoms with Crippen molar-refractivity contribution in [3.8, 4) is 5.75 Å². The van der Waals surface area contributed by atoms with Gasteiger partial charge in [-0.15, -0.1) is 0 Å². The van der Waals surface area contributed by atoms with Crippen LogP contribution in [0.25, 0.3) is 0 Å². The fourth-order valence-corrected chi connectivity index (χ4v) is 2.68. The summed E-state index contributed by atoms with van der Waals surface area (Å²) in [4.78, 5) is 0. The Morgan fingerprint density at radius 2 is 1.83 bits per heavy atom. The van der Waals surface area contributed by atoms with Gasteiger partial charge in [-0.2, -0.15) is 0 Å². The predicted molar refractivity (Wildman–Crippen MR) is 90.5 cm³/mol. The zero-order chi connectivity index (χ0) is 15.7. The number of hydrogen-bond donors (Lipinski definition) is 0. The van der Waals surface area contributed by atoms with Crippen LogP contribution in [0.5, 0.6) is 5.75 Å². The summed E-state index contributed by atoms with van der Waals surface area (Å²) >= 11 is 0. The van der Waals surface area contributed by atoms with E-state index in [2.05, 4.69) is 24.3 Å². The van der Waals surface area contributed by atoms with Crippen LogP contribution in [-0.4, -0.2) is 19.5 Å². The van der Waals surface area contributed by atoms with E-state index in [0.717, 1.165) is 31.6 Å². The van der Waals surface area contributed by atoms with Crippen molar-refractivity contribution in [2.45, 2.75) is 38.6 Å². The molecule has 0 aromatic heterocycles. The van der Waals surface area contributed by atoms with Gasteiger partial charge in [-0.25, -0.2) is 0 Å². The first-order chi connectivity index (χ1) is 11.4. The molecule has 1 unspecified atom stereocenters. The lowest BCUT2D eigenvalue weighted by atomic mass is 10.1. The van der Waals surface area contributed by atoms with Crippen molar-refractivity contribution in [3.63, 3.8) is 0 Å². The molecular weight excluding hydrogens is 288 g/mol. The van der Waals surface area contributed by atoms with E-state index in [-0.39, 0.29) is 6.29 Å². The highest BCUT2D eigenvalue weighted by atomic mass is 16.7. The van der Waals surface area contributed by atoms with E-state index >= 15 is 0 Å². The molecule has 23 heavy (non-hydrogen) atoms. The summed E-state index contributed by atoms with van der Waals surface area (Å²) in [6, 6.07) is 18.4. The van der Waals surface area contributed by atoms with Gasteiger partial charge in [0.25, 0.3) is 0 Å². The first-order valence-corrected chi connectivity index (χ1v) is 8.39. The maximum absolute atomic E-state index is 5.86. The lowest BCUT2D eigenvalue weighted by Gasteiger charge is -2.22. The van der Waals surface area contributed by atoms with Crippen LogP contribution >= 0.6 is 0 Å². The van der Waals surface area contributed by atoms with Crippen LogP contribution in [0.3, 0.4) is 0 Å². The van der Waals surface area contributed by atoms with Crippen molar-refractivity contribution in [2.24, 2.45) is 0 Å². The van der Waals surface area contributed by atoms with Crippen molar-refractivity contribution < 1.29 is 14.2 Å². The fourth-order valence-electron chi connectivity index (χ4n) is 2.68. The molecule has 122 valence electrons. The molecule has 0 amide bonds. The van der Waals surface area contributed by atoms with Crippen LogP contribution in [0.4, 0.5) is 0 Å². The number of benzene rings is 2. The minimum Gasteiger partial charge on any atom is -0.489 e. The van der Waals surface area contributed by atoms with Crippen molar-refractivity contribution in [2.75, 3.05) is 13.2 Å². The maximum atomic E-state index is 5.86. The summed E-state index contributed by atoms with van der Waals surface area (Å²) < 4.78 is 17.2. The van der Waals surface area contributed by atoms with Crippen LogP contribution in [0.1, 0.15) is 30.4 Å². The number of hydrogen-bond acceptors (Lipinski definition) is 3. The SMILES string of the molecule is c1ccc(COc2cccc(CCOC3CCCCO3)c2)cc1. The second-order valence-electron chi connectivity index (χ2n) is 5.84. The largest absolute Gasteiger partial charge is 0.489 e. The highest BCUT2D eigenvalue weighted by Crippen LogP contribution is 2.17. The Bertz CT molecular complexity index is 576. The van der Waals surface area contributed by atoms with E-state index in [0.29, 0.717) is 13.2 Å². The Hall–Kier alpha value is -1.84. The molecule has 0 radical (unpaired) electrons. The second-order valence-corrected chi connectivity index (χ2v) is 5.84. The van der Waals surface area contributed by atoms with E-state index < -0.39 is 0 Å². The Labute approximate surface area is 138 Å². The monoisotopic (exact) mass is 312 g/mol. The molecule has 3 rings (SSSR count). The van der Waals surface area contributed by atoms with E-state index in [1.807, 2.05) is 30.3 Å². The molecule has 0 bridgehead atoms. The Morgan fingerprint density at radius 1 is 0.957 bits per heavy atom.